The van der Waals surface area contributed by atoms with Crippen LogP contribution < -0.4 is 5.32 Å². The molecule has 0 aromatic heterocycles. The van der Waals surface area contributed by atoms with Crippen molar-refractivity contribution in [3.8, 4) is 0 Å². The van der Waals surface area contributed by atoms with E-state index in [1.165, 1.54) is 12.8 Å². The van der Waals surface area contributed by atoms with E-state index < -0.39 is 0 Å². The Morgan fingerprint density at radius 1 is 1.54 bits per heavy atom. The largest absolute Gasteiger partial charge is 0.389 e. The van der Waals surface area contributed by atoms with Gasteiger partial charge in [-0.3, -0.25) is 4.90 Å². The lowest BCUT2D eigenvalue weighted by Gasteiger charge is -2.32. The summed E-state index contributed by atoms with van der Waals surface area (Å²) in [6.45, 7) is 3.11. The smallest absolute Gasteiger partial charge is 0.0776 e. The number of hydrogen-bond donors (Lipinski definition) is 2. The van der Waals surface area contributed by atoms with Crippen LogP contribution in [0.2, 0.25) is 0 Å². The quantitative estimate of drug-likeness (QED) is 0.657. The summed E-state index contributed by atoms with van der Waals surface area (Å²) in [4.78, 5) is 2.32. The summed E-state index contributed by atoms with van der Waals surface area (Å²) in [6, 6.07) is 0.637. The fourth-order valence-corrected chi connectivity index (χ4v) is 2.11. The van der Waals surface area contributed by atoms with Gasteiger partial charge in [0.15, 0.2) is 0 Å². The molecule has 0 aromatic carbocycles. The first-order chi connectivity index (χ1) is 6.20. The zero-order chi connectivity index (χ0) is 9.31. The van der Waals surface area contributed by atoms with E-state index in [9.17, 15) is 5.11 Å². The number of piperidine rings is 1. The number of nitrogens with zero attached hydrogens (tertiary/aromatic N) is 1. The Morgan fingerprint density at radius 2 is 2.31 bits per heavy atom. The molecule has 13 heavy (non-hydrogen) atoms. The van der Waals surface area contributed by atoms with Crippen molar-refractivity contribution in [1.29, 1.82) is 0 Å². The SMILES string of the molecule is CN(CC1(O)CC1)C1CCCNC1. The minimum atomic E-state index is -0.327. The van der Waals surface area contributed by atoms with Crippen LogP contribution in [0, 0.1) is 0 Å². The predicted molar refractivity (Wildman–Crippen MR) is 52.7 cm³/mol. The van der Waals surface area contributed by atoms with E-state index in [1.54, 1.807) is 0 Å². The van der Waals surface area contributed by atoms with Crippen molar-refractivity contribution in [2.24, 2.45) is 0 Å². The van der Waals surface area contributed by atoms with E-state index in [-0.39, 0.29) is 5.60 Å². The zero-order valence-corrected chi connectivity index (χ0v) is 8.42. The van der Waals surface area contributed by atoms with Crippen molar-refractivity contribution < 1.29 is 5.11 Å². The van der Waals surface area contributed by atoms with Gasteiger partial charge in [0.05, 0.1) is 5.60 Å². The van der Waals surface area contributed by atoms with E-state index in [0.29, 0.717) is 6.04 Å². The van der Waals surface area contributed by atoms with Gasteiger partial charge in [-0.25, -0.2) is 0 Å². The van der Waals surface area contributed by atoms with Crippen LogP contribution in [-0.4, -0.2) is 48.3 Å². The van der Waals surface area contributed by atoms with Crippen LogP contribution in [0.5, 0.6) is 0 Å². The number of nitrogens with one attached hydrogen (secondary N) is 1. The summed E-state index contributed by atoms with van der Waals surface area (Å²) in [5, 5.41) is 13.2. The van der Waals surface area contributed by atoms with Crippen molar-refractivity contribution in [2.75, 3.05) is 26.7 Å². The maximum atomic E-state index is 9.77. The Hall–Kier alpha value is -0.120. The fourth-order valence-electron chi connectivity index (χ4n) is 2.11. The van der Waals surface area contributed by atoms with Crippen molar-refractivity contribution in [1.82, 2.24) is 10.2 Å². The maximum absolute atomic E-state index is 9.77. The highest BCUT2D eigenvalue weighted by molar-refractivity contribution is 4.96. The lowest BCUT2D eigenvalue weighted by molar-refractivity contribution is 0.0774. The molecule has 76 valence electrons. The molecule has 0 amide bonds. The Bertz CT molecular complexity index is 174. The van der Waals surface area contributed by atoms with E-state index in [4.69, 9.17) is 0 Å². The number of hydrogen-bond acceptors (Lipinski definition) is 3. The van der Waals surface area contributed by atoms with Crippen LogP contribution in [0.3, 0.4) is 0 Å². The summed E-state index contributed by atoms with van der Waals surface area (Å²) >= 11 is 0. The Balaban J connectivity index is 1.77. The highest BCUT2D eigenvalue weighted by Crippen LogP contribution is 2.36. The lowest BCUT2D eigenvalue weighted by Crippen LogP contribution is -2.47. The third-order valence-corrected chi connectivity index (χ3v) is 3.27. The van der Waals surface area contributed by atoms with Gasteiger partial charge in [0, 0.05) is 19.1 Å². The van der Waals surface area contributed by atoms with Crippen LogP contribution in [0.1, 0.15) is 25.7 Å². The molecule has 0 bridgehead atoms. The maximum Gasteiger partial charge on any atom is 0.0776 e. The summed E-state index contributed by atoms with van der Waals surface area (Å²) in [7, 11) is 2.13. The first kappa shape index (κ1) is 9.44. The molecule has 0 radical (unpaired) electrons. The van der Waals surface area contributed by atoms with Crippen LogP contribution in [0.25, 0.3) is 0 Å². The minimum Gasteiger partial charge on any atom is -0.389 e. The molecule has 3 heteroatoms. The van der Waals surface area contributed by atoms with Crippen molar-refractivity contribution in [2.45, 2.75) is 37.3 Å². The molecular weight excluding hydrogens is 164 g/mol. The fraction of sp³-hybridized carbons (Fsp3) is 1.00. The number of likely N-dealkylation sites (N-methyl/N-ethyl adjacent to an activating group) is 1. The molecule has 2 rings (SSSR count). The second kappa shape index (κ2) is 3.56. The molecular formula is C10H20N2O. The van der Waals surface area contributed by atoms with Gasteiger partial charge in [0.2, 0.25) is 0 Å². The molecule has 0 spiro atoms. The molecule has 1 saturated heterocycles. The van der Waals surface area contributed by atoms with Gasteiger partial charge < -0.3 is 10.4 Å². The van der Waals surface area contributed by atoms with Gasteiger partial charge in [-0.15, -0.1) is 0 Å². The zero-order valence-electron chi connectivity index (χ0n) is 8.42. The molecule has 1 atom stereocenters. The third kappa shape index (κ3) is 2.42. The monoisotopic (exact) mass is 184 g/mol. The minimum absolute atomic E-state index is 0.327. The second-order valence-corrected chi connectivity index (χ2v) is 4.64. The third-order valence-electron chi connectivity index (χ3n) is 3.27. The van der Waals surface area contributed by atoms with Crippen molar-refractivity contribution in [3.63, 3.8) is 0 Å². The molecule has 2 N–H and O–H groups in total. The summed E-state index contributed by atoms with van der Waals surface area (Å²) in [6.07, 6.45) is 4.54. The first-order valence-corrected chi connectivity index (χ1v) is 5.33. The normalized spacial score (nSPS) is 32.1. The van der Waals surface area contributed by atoms with E-state index >= 15 is 0 Å². The molecule has 2 fully saturated rings. The second-order valence-electron chi connectivity index (χ2n) is 4.64. The van der Waals surface area contributed by atoms with Gasteiger partial charge in [-0.1, -0.05) is 0 Å². The standard InChI is InChI=1S/C10H20N2O/c1-12(8-10(13)4-5-10)9-3-2-6-11-7-9/h9,11,13H,2-8H2,1H3. The van der Waals surface area contributed by atoms with Crippen LogP contribution in [-0.2, 0) is 0 Å². The Labute approximate surface area is 80.1 Å². The molecule has 1 heterocycles. The molecule has 0 aromatic rings. The summed E-state index contributed by atoms with van der Waals surface area (Å²) in [5.74, 6) is 0. The van der Waals surface area contributed by atoms with E-state index in [2.05, 4.69) is 17.3 Å². The first-order valence-electron chi connectivity index (χ1n) is 5.33. The summed E-state index contributed by atoms with van der Waals surface area (Å²) < 4.78 is 0. The van der Waals surface area contributed by atoms with Crippen molar-refractivity contribution >= 4 is 0 Å². The van der Waals surface area contributed by atoms with Crippen LogP contribution >= 0.6 is 0 Å². The lowest BCUT2D eigenvalue weighted by atomic mass is 10.1. The number of rotatable bonds is 3. The van der Waals surface area contributed by atoms with Gasteiger partial charge in [-0.2, -0.15) is 0 Å². The van der Waals surface area contributed by atoms with Gasteiger partial charge in [0.25, 0.3) is 0 Å². The van der Waals surface area contributed by atoms with Crippen LogP contribution in [0.4, 0.5) is 0 Å². The highest BCUT2D eigenvalue weighted by atomic mass is 16.3. The van der Waals surface area contributed by atoms with Crippen LogP contribution in [0.15, 0.2) is 0 Å². The predicted octanol–water partition coefficient (Wildman–Crippen LogP) is 0.195. The van der Waals surface area contributed by atoms with Gasteiger partial charge in [0.1, 0.15) is 0 Å². The van der Waals surface area contributed by atoms with Gasteiger partial charge in [-0.05, 0) is 39.3 Å². The van der Waals surface area contributed by atoms with Gasteiger partial charge >= 0.3 is 0 Å². The van der Waals surface area contributed by atoms with Crippen molar-refractivity contribution in [3.05, 3.63) is 0 Å². The number of aliphatic hydroxyl groups is 1. The Kier molecular flexibility index (Phi) is 2.58. The molecule has 1 saturated carbocycles. The molecule has 2 aliphatic rings. The molecule has 1 aliphatic carbocycles. The average molecular weight is 184 g/mol. The summed E-state index contributed by atoms with van der Waals surface area (Å²) in [5.41, 5.74) is -0.327. The van der Waals surface area contributed by atoms with E-state index in [0.717, 1.165) is 32.5 Å². The molecule has 1 unspecified atom stereocenters. The molecule has 1 aliphatic heterocycles. The highest BCUT2D eigenvalue weighted by Gasteiger charge is 2.42. The topological polar surface area (TPSA) is 35.5 Å². The molecule has 3 nitrogen and oxygen atoms in total. The van der Waals surface area contributed by atoms with E-state index in [1.807, 2.05) is 0 Å². The average Bonchev–Trinajstić information content (AvgIpc) is 2.85. The Morgan fingerprint density at radius 3 is 2.85 bits per heavy atom.